The summed E-state index contributed by atoms with van der Waals surface area (Å²) in [5.41, 5.74) is 0. The van der Waals surface area contributed by atoms with Gasteiger partial charge in [-0.05, 0) is 48.9 Å². The zero-order valence-electron chi connectivity index (χ0n) is 17.9. The first-order valence-electron chi connectivity index (χ1n) is 11.0. The molecule has 1 aromatic carbocycles. The third-order valence-electron chi connectivity index (χ3n) is 6.45. The quantitative estimate of drug-likeness (QED) is 0.606. The number of fused-ring (bicyclic) bond motifs is 1. The van der Waals surface area contributed by atoms with E-state index in [1.165, 1.54) is 0 Å². The summed E-state index contributed by atoms with van der Waals surface area (Å²) in [7, 11) is 0. The molecule has 0 bridgehead atoms. The number of carbonyl (C=O) groups is 2. The molecule has 1 unspecified atom stereocenters. The summed E-state index contributed by atoms with van der Waals surface area (Å²) in [6.07, 6.45) is -4.04. The second kappa shape index (κ2) is 10.1. The van der Waals surface area contributed by atoms with E-state index in [0.717, 1.165) is 12.8 Å². The lowest BCUT2D eigenvalue weighted by molar-refractivity contribution is -0.357. The third kappa shape index (κ3) is 6.74. The molecule has 0 spiro atoms. The summed E-state index contributed by atoms with van der Waals surface area (Å²) in [4.78, 5) is 26.4. The van der Waals surface area contributed by atoms with Crippen molar-refractivity contribution in [1.82, 2.24) is 10.2 Å². The molecule has 2 aliphatic carbocycles. The molecule has 3 aliphatic rings. The summed E-state index contributed by atoms with van der Waals surface area (Å²) in [6, 6.07) is 6.83. The van der Waals surface area contributed by atoms with Gasteiger partial charge in [0.25, 0.3) is 5.91 Å². The van der Waals surface area contributed by atoms with Gasteiger partial charge in [-0.1, -0.05) is 11.6 Å². The van der Waals surface area contributed by atoms with E-state index in [1.54, 1.807) is 29.2 Å². The molecule has 3 atom stereocenters. The minimum Gasteiger partial charge on any atom is -0.484 e. The highest BCUT2D eigenvalue weighted by Crippen LogP contribution is 2.38. The summed E-state index contributed by atoms with van der Waals surface area (Å²) in [5, 5.41) is 3.59. The summed E-state index contributed by atoms with van der Waals surface area (Å²) in [6.45, 7) is 0.993. The summed E-state index contributed by atoms with van der Waals surface area (Å²) >= 11 is 5.82. The number of carbonyl (C=O) groups excluding carboxylic acids is 2. The fourth-order valence-electron chi connectivity index (χ4n) is 4.79. The Morgan fingerprint density at radius 2 is 1.64 bits per heavy atom. The molecule has 0 aromatic heterocycles. The third-order valence-corrected chi connectivity index (χ3v) is 6.70. The Kier molecular flexibility index (Phi) is 7.35. The molecule has 1 aromatic rings. The fourth-order valence-corrected chi connectivity index (χ4v) is 4.92. The molecule has 2 amide bonds. The summed E-state index contributed by atoms with van der Waals surface area (Å²) < 4.78 is 51.3. The minimum atomic E-state index is -4.64. The maximum atomic E-state index is 12.4. The van der Waals surface area contributed by atoms with Crippen LogP contribution >= 0.6 is 11.6 Å². The molecule has 0 radical (unpaired) electrons. The lowest BCUT2D eigenvalue weighted by Gasteiger charge is -2.35. The molecular weight excluding hydrogens is 465 g/mol. The number of likely N-dealkylation sites (tertiary alicyclic amines) is 1. The number of nitrogens with zero attached hydrogens (tertiary/aromatic N) is 1. The minimum absolute atomic E-state index is 0.0513. The van der Waals surface area contributed by atoms with Crippen LogP contribution in [-0.4, -0.2) is 67.6 Å². The van der Waals surface area contributed by atoms with Gasteiger partial charge in [0.1, 0.15) is 12.4 Å². The molecule has 182 valence electrons. The number of ether oxygens (including phenoxy) is 3. The SMILES string of the molecule is O=C(COc1ccc(Cl)cc1)NC1C[C@@H]2CN(C(=O)CO[C@H]3C[C@@H](OC(F)(F)F)C3)C[C@@H]2C1. The van der Waals surface area contributed by atoms with Crippen molar-refractivity contribution in [2.75, 3.05) is 26.3 Å². The Hall–Kier alpha value is -2.04. The van der Waals surface area contributed by atoms with Gasteiger partial charge in [-0.25, -0.2) is 0 Å². The fraction of sp³-hybridized carbons (Fsp3) is 0.636. The molecule has 1 N–H and O–H groups in total. The first-order chi connectivity index (χ1) is 15.6. The number of amides is 2. The number of benzene rings is 1. The molecule has 1 aliphatic heterocycles. The van der Waals surface area contributed by atoms with Crippen molar-refractivity contribution < 1.29 is 37.0 Å². The first-order valence-corrected chi connectivity index (χ1v) is 11.3. The van der Waals surface area contributed by atoms with E-state index < -0.39 is 12.5 Å². The zero-order valence-corrected chi connectivity index (χ0v) is 18.6. The molecule has 4 rings (SSSR count). The van der Waals surface area contributed by atoms with Crippen molar-refractivity contribution >= 4 is 23.4 Å². The highest BCUT2D eigenvalue weighted by atomic mass is 35.5. The lowest BCUT2D eigenvalue weighted by Crippen LogP contribution is -2.43. The van der Waals surface area contributed by atoms with Crippen molar-refractivity contribution in [3.8, 4) is 5.75 Å². The van der Waals surface area contributed by atoms with Crippen LogP contribution in [0.1, 0.15) is 25.7 Å². The van der Waals surface area contributed by atoms with Crippen LogP contribution in [0.4, 0.5) is 13.2 Å². The van der Waals surface area contributed by atoms with E-state index in [1.807, 2.05) is 0 Å². The van der Waals surface area contributed by atoms with Crippen molar-refractivity contribution in [2.24, 2.45) is 11.8 Å². The van der Waals surface area contributed by atoms with Gasteiger partial charge in [0.15, 0.2) is 6.61 Å². The van der Waals surface area contributed by atoms with Gasteiger partial charge >= 0.3 is 6.36 Å². The van der Waals surface area contributed by atoms with Gasteiger partial charge in [-0.2, -0.15) is 0 Å². The highest BCUT2D eigenvalue weighted by Gasteiger charge is 2.44. The molecule has 1 heterocycles. The Labute approximate surface area is 194 Å². The predicted octanol–water partition coefficient (Wildman–Crippen LogP) is 3.16. The molecule has 11 heteroatoms. The van der Waals surface area contributed by atoms with Crippen LogP contribution < -0.4 is 10.1 Å². The number of hydrogen-bond acceptors (Lipinski definition) is 5. The van der Waals surface area contributed by atoms with Gasteiger partial charge in [0, 0.05) is 37.0 Å². The van der Waals surface area contributed by atoms with Crippen LogP contribution in [0.2, 0.25) is 5.02 Å². The highest BCUT2D eigenvalue weighted by molar-refractivity contribution is 6.30. The second-order valence-corrected chi connectivity index (χ2v) is 9.32. The van der Waals surface area contributed by atoms with Gasteiger partial charge in [-0.15, -0.1) is 13.2 Å². The number of alkyl halides is 3. The van der Waals surface area contributed by atoms with Crippen LogP contribution in [-0.2, 0) is 19.1 Å². The number of hydrogen-bond donors (Lipinski definition) is 1. The number of rotatable bonds is 8. The first kappa shape index (κ1) is 24.1. The topological polar surface area (TPSA) is 77.1 Å². The van der Waals surface area contributed by atoms with Gasteiger partial charge in [0.2, 0.25) is 5.91 Å². The van der Waals surface area contributed by atoms with Crippen LogP contribution in [0, 0.1) is 11.8 Å². The van der Waals surface area contributed by atoms with Crippen LogP contribution in [0.3, 0.4) is 0 Å². The van der Waals surface area contributed by atoms with Crippen molar-refractivity contribution in [3.05, 3.63) is 29.3 Å². The van der Waals surface area contributed by atoms with Crippen LogP contribution in [0.5, 0.6) is 5.75 Å². The largest absolute Gasteiger partial charge is 0.522 e. The monoisotopic (exact) mass is 490 g/mol. The summed E-state index contributed by atoms with van der Waals surface area (Å²) in [5.74, 6) is 0.847. The Balaban J connectivity index is 1.11. The van der Waals surface area contributed by atoms with Crippen molar-refractivity contribution in [3.63, 3.8) is 0 Å². The van der Waals surface area contributed by atoms with E-state index in [0.29, 0.717) is 35.7 Å². The molecule has 2 saturated carbocycles. The van der Waals surface area contributed by atoms with E-state index in [-0.39, 0.29) is 50.0 Å². The smallest absolute Gasteiger partial charge is 0.484 e. The van der Waals surface area contributed by atoms with E-state index in [2.05, 4.69) is 10.1 Å². The average molecular weight is 491 g/mol. The van der Waals surface area contributed by atoms with Crippen LogP contribution in [0.25, 0.3) is 0 Å². The van der Waals surface area contributed by atoms with Crippen molar-refractivity contribution in [2.45, 2.75) is 50.3 Å². The Morgan fingerprint density at radius 1 is 1.00 bits per heavy atom. The molecule has 1 saturated heterocycles. The molecule has 3 fully saturated rings. The van der Waals surface area contributed by atoms with E-state index >= 15 is 0 Å². The predicted molar refractivity (Wildman–Crippen MR) is 112 cm³/mol. The van der Waals surface area contributed by atoms with E-state index in [9.17, 15) is 22.8 Å². The Morgan fingerprint density at radius 3 is 2.24 bits per heavy atom. The van der Waals surface area contributed by atoms with Crippen molar-refractivity contribution in [1.29, 1.82) is 0 Å². The normalized spacial score (nSPS) is 28.8. The number of halogens is 4. The number of nitrogens with one attached hydrogen (secondary N) is 1. The standard InChI is InChI=1S/C22H26ClF3N2O5/c23-15-1-3-17(4-2-15)31-11-20(29)27-16-5-13-9-28(10-14(13)6-16)21(30)12-32-18-7-19(8-18)33-22(24,25)26/h1-4,13-14,16,18-19H,5-12H2,(H,27,29)/t13-,14+,16?,18-,19+. The second-order valence-electron chi connectivity index (χ2n) is 8.89. The zero-order chi connectivity index (χ0) is 23.6. The molecule has 33 heavy (non-hydrogen) atoms. The maximum Gasteiger partial charge on any atom is 0.522 e. The van der Waals surface area contributed by atoms with Gasteiger partial charge in [-0.3, -0.25) is 14.3 Å². The Bertz CT molecular complexity index is 833. The maximum absolute atomic E-state index is 12.4. The molecule has 7 nitrogen and oxygen atoms in total. The van der Waals surface area contributed by atoms with Crippen LogP contribution in [0.15, 0.2) is 24.3 Å². The van der Waals surface area contributed by atoms with E-state index in [4.69, 9.17) is 21.1 Å². The lowest BCUT2D eigenvalue weighted by atomic mass is 9.92. The van der Waals surface area contributed by atoms with Gasteiger partial charge < -0.3 is 19.7 Å². The van der Waals surface area contributed by atoms with Gasteiger partial charge in [0.05, 0.1) is 12.2 Å². The molecular formula is C22H26ClF3N2O5. The average Bonchev–Trinajstić information content (AvgIpc) is 3.26.